The molecule has 0 bridgehead atoms. The lowest BCUT2D eigenvalue weighted by atomic mass is 10.1. The Labute approximate surface area is 148 Å². The molecule has 0 unspecified atom stereocenters. The average Bonchev–Trinajstić information content (AvgIpc) is 3.11. The number of fused-ring (bicyclic) bond motifs is 1. The van der Waals surface area contributed by atoms with Crippen molar-refractivity contribution < 1.29 is 0 Å². The van der Waals surface area contributed by atoms with Crippen LogP contribution in [0.4, 0.5) is 0 Å². The van der Waals surface area contributed by atoms with Gasteiger partial charge in [0.25, 0.3) is 5.56 Å². The minimum atomic E-state index is -0.0793. The van der Waals surface area contributed by atoms with Gasteiger partial charge >= 0.3 is 0 Å². The van der Waals surface area contributed by atoms with E-state index in [9.17, 15) is 4.79 Å². The summed E-state index contributed by atoms with van der Waals surface area (Å²) in [4.78, 5) is 24.7. The van der Waals surface area contributed by atoms with Gasteiger partial charge in [-0.05, 0) is 35.3 Å². The SMILES string of the molecule is O=c1[nH]c(=S)[nH]c2c1CN(Cc1ccc(-c3ccsc3)nc1)CC2. The largest absolute Gasteiger partial charge is 0.335 e. The van der Waals surface area contributed by atoms with Gasteiger partial charge in [0, 0.05) is 48.9 Å². The molecule has 3 aromatic rings. The summed E-state index contributed by atoms with van der Waals surface area (Å²) in [5.74, 6) is 0. The van der Waals surface area contributed by atoms with E-state index in [-0.39, 0.29) is 5.56 Å². The van der Waals surface area contributed by atoms with Crippen molar-refractivity contribution in [1.82, 2.24) is 19.9 Å². The average molecular weight is 356 g/mol. The number of nitrogens with zero attached hydrogens (tertiary/aromatic N) is 2. The van der Waals surface area contributed by atoms with E-state index < -0.39 is 0 Å². The molecule has 1 aliphatic rings. The summed E-state index contributed by atoms with van der Waals surface area (Å²) in [5, 5.41) is 4.15. The van der Waals surface area contributed by atoms with E-state index in [1.165, 1.54) is 0 Å². The maximum absolute atomic E-state index is 12.1. The maximum Gasteiger partial charge on any atom is 0.256 e. The quantitative estimate of drug-likeness (QED) is 0.708. The number of hydrogen-bond donors (Lipinski definition) is 2. The number of pyridine rings is 1. The zero-order valence-electron chi connectivity index (χ0n) is 12.9. The summed E-state index contributed by atoms with van der Waals surface area (Å²) in [6.45, 7) is 2.31. The summed E-state index contributed by atoms with van der Waals surface area (Å²) in [5.41, 5.74) is 4.97. The minimum Gasteiger partial charge on any atom is -0.335 e. The van der Waals surface area contributed by atoms with Gasteiger partial charge in [0.2, 0.25) is 0 Å². The van der Waals surface area contributed by atoms with Gasteiger partial charge in [-0.2, -0.15) is 11.3 Å². The number of nitrogens with one attached hydrogen (secondary N) is 2. The molecule has 3 aromatic heterocycles. The van der Waals surface area contributed by atoms with Gasteiger partial charge in [0.1, 0.15) is 0 Å². The second-order valence-corrected chi connectivity index (χ2v) is 7.08. The van der Waals surface area contributed by atoms with Crippen LogP contribution in [0.3, 0.4) is 0 Å². The van der Waals surface area contributed by atoms with Crippen molar-refractivity contribution in [3.8, 4) is 11.3 Å². The third-order valence-electron chi connectivity index (χ3n) is 4.24. The molecule has 0 aromatic carbocycles. The van der Waals surface area contributed by atoms with Gasteiger partial charge in [-0.15, -0.1) is 0 Å². The zero-order valence-corrected chi connectivity index (χ0v) is 14.5. The van der Waals surface area contributed by atoms with Gasteiger partial charge in [0.05, 0.1) is 11.3 Å². The molecule has 4 rings (SSSR count). The van der Waals surface area contributed by atoms with E-state index in [0.29, 0.717) is 11.3 Å². The molecule has 4 heterocycles. The number of rotatable bonds is 3. The summed E-state index contributed by atoms with van der Waals surface area (Å²) in [6, 6.07) is 6.24. The molecule has 7 heteroatoms. The molecule has 0 radical (unpaired) electrons. The van der Waals surface area contributed by atoms with Crippen LogP contribution < -0.4 is 5.56 Å². The molecule has 0 aliphatic carbocycles. The van der Waals surface area contributed by atoms with Crippen molar-refractivity contribution in [2.75, 3.05) is 6.54 Å². The minimum absolute atomic E-state index is 0.0793. The Morgan fingerprint density at radius 1 is 1.29 bits per heavy atom. The van der Waals surface area contributed by atoms with Crippen LogP contribution in [-0.4, -0.2) is 26.4 Å². The maximum atomic E-state index is 12.1. The first-order valence-corrected chi connectivity index (χ1v) is 9.08. The van der Waals surface area contributed by atoms with Crippen LogP contribution in [0.2, 0.25) is 0 Å². The second-order valence-electron chi connectivity index (χ2n) is 5.89. The predicted molar refractivity (Wildman–Crippen MR) is 97.6 cm³/mol. The van der Waals surface area contributed by atoms with E-state index in [1.54, 1.807) is 11.3 Å². The van der Waals surface area contributed by atoms with E-state index in [4.69, 9.17) is 12.2 Å². The predicted octanol–water partition coefficient (Wildman–Crippen LogP) is 3.11. The monoisotopic (exact) mass is 356 g/mol. The van der Waals surface area contributed by atoms with Crippen molar-refractivity contribution >= 4 is 23.6 Å². The summed E-state index contributed by atoms with van der Waals surface area (Å²) in [7, 11) is 0. The Morgan fingerprint density at radius 3 is 2.96 bits per heavy atom. The van der Waals surface area contributed by atoms with E-state index in [1.807, 2.05) is 6.20 Å². The molecule has 24 heavy (non-hydrogen) atoms. The number of thiophene rings is 1. The van der Waals surface area contributed by atoms with E-state index >= 15 is 0 Å². The highest BCUT2D eigenvalue weighted by Gasteiger charge is 2.19. The fourth-order valence-electron chi connectivity index (χ4n) is 3.00. The first-order valence-electron chi connectivity index (χ1n) is 7.73. The van der Waals surface area contributed by atoms with Crippen molar-refractivity contribution in [2.45, 2.75) is 19.5 Å². The standard InChI is InChI=1S/C17H16N4OS2/c22-16-13-9-21(5-3-15(13)19-17(23)20-16)8-11-1-2-14(18-7-11)12-4-6-24-10-12/h1-2,4,6-7,10H,3,5,8-9H2,(H2,19,20,22,23). The number of aromatic amines is 2. The van der Waals surface area contributed by atoms with E-state index in [0.717, 1.165) is 47.6 Å². The number of H-pyrrole nitrogens is 2. The highest BCUT2D eigenvalue weighted by atomic mass is 32.1. The van der Waals surface area contributed by atoms with Crippen molar-refractivity contribution in [2.24, 2.45) is 0 Å². The summed E-state index contributed by atoms with van der Waals surface area (Å²) < 4.78 is 0.403. The molecule has 0 atom stereocenters. The fourth-order valence-corrected chi connectivity index (χ4v) is 3.87. The van der Waals surface area contributed by atoms with Crippen LogP contribution in [0, 0.1) is 4.77 Å². The second kappa shape index (κ2) is 6.43. The Kier molecular flexibility index (Phi) is 4.13. The highest BCUT2D eigenvalue weighted by molar-refractivity contribution is 7.71. The van der Waals surface area contributed by atoms with Crippen LogP contribution in [0.5, 0.6) is 0 Å². The zero-order chi connectivity index (χ0) is 16.5. The van der Waals surface area contributed by atoms with Crippen LogP contribution in [0.25, 0.3) is 11.3 Å². The molecule has 2 N–H and O–H groups in total. The lowest BCUT2D eigenvalue weighted by Gasteiger charge is -2.27. The van der Waals surface area contributed by atoms with Crippen LogP contribution in [-0.2, 0) is 19.5 Å². The van der Waals surface area contributed by atoms with Crippen LogP contribution >= 0.6 is 23.6 Å². The molecule has 0 amide bonds. The normalized spacial score (nSPS) is 14.5. The van der Waals surface area contributed by atoms with Crippen molar-refractivity contribution in [3.63, 3.8) is 0 Å². The Bertz CT molecular complexity index is 958. The summed E-state index contributed by atoms with van der Waals surface area (Å²) >= 11 is 6.70. The molecule has 5 nitrogen and oxygen atoms in total. The third-order valence-corrected chi connectivity index (χ3v) is 5.12. The fraction of sp³-hybridized carbons (Fsp3) is 0.235. The van der Waals surface area contributed by atoms with E-state index in [2.05, 4.69) is 48.8 Å². The van der Waals surface area contributed by atoms with Gasteiger partial charge in [-0.25, -0.2) is 0 Å². The molecule has 0 spiro atoms. The lowest BCUT2D eigenvalue weighted by Crippen LogP contribution is -2.35. The highest BCUT2D eigenvalue weighted by Crippen LogP contribution is 2.21. The van der Waals surface area contributed by atoms with Gasteiger partial charge in [0.15, 0.2) is 4.77 Å². The molecule has 0 fully saturated rings. The first-order chi connectivity index (χ1) is 11.7. The smallest absolute Gasteiger partial charge is 0.256 e. The number of hydrogen-bond acceptors (Lipinski definition) is 5. The Balaban J connectivity index is 1.50. The van der Waals surface area contributed by atoms with Gasteiger partial charge in [-0.3, -0.25) is 19.7 Å². The Hall–Kier alpha value is -2.09. The topological polar surface area (TPSA) is 64.8 Å². The van der Waals surface area contributed by atoms with Gasteiger partial charge < -0.3 is 4.98 Å². The molecular weight excluding hydrogens is 340 g/mol. The molecule has 122 valence electrons. The number of aromatic nitrogens is 3. The third kappa shape index (κ3) is 3.10. The first kappa shape index (κ1) is 15.4. The lowest BCUT2D eigenvalue weighted by molar-refractivity contribution is 0.241. The Morgan fingerprint density at radius 2 is 2.21 bits per heavy atom. The van der Waals surface area contributed by atoms with Crippen molar-refractivity contribution in [3.05, 3.63) is 67.1 Å². The van der Waals surface area contributed by atoms with Crippen LogP contribution in [0.1, 0.15) is 16.8 Å². The van der Waals surface area contributed by atoms with Gasteiger partial charge in [-0.1, -0.05) is 6.07 Å². The molecule has 1 aliphatic heterocycles. The molecular formula is C17H16N4OS2. The van der Waals surface area contributed by atoms with Crippen molar-refractivity contribution in [1.29, 1.82) is 0 Å². The molecule has 0 saturated carbocycles. The molecule has 0 saturated heterocycles. The van der Waals surface area contributed by atoms with Crippen LogP contribution in [0.15, 0.2) is 40.0 Å². The summed E-state index contributed by atoms with van der Waals surface area (Å²) in [6.07, 6.45) is 2.73.